The molecule has 1 aromatic heterocycles. The molecule has 0 aromatic carbocycles. The summed E-state index contributed by atoms with van der Waals surface area (Å²) in [6.45, 7) is 0.0821. The van der Waals surface area contributed by atoms with E-state index in [1.54, 1.807) is 0 Å². The molecule has 0 fully saturated rings. The van der Waals surface area contributed by atoms with E-state index in [0.29, 0.717) is 0 Å². The molecular weight excluding hydrogens is 238 g/mol. The number of pyridine rings is 1. The fraction of sp³-hybridized carbons (Fsp3) is 0.250. The molecule has 0 bridgehead atoms. The topological polar surface area (TPSA) is 82.9 Å². The van der Waals surface area contributed by atoms with Crippen LogP contribution >= 0.6 is 11.6 Å². The molecule has 5 nitrogen and oxygen atoms in total. The monoisotopic (exact) mass is 245 g/mol. The highest BCUT2D eigenvalue weighted by Gasteiger charge is 2.13. The Labute approximate surface area is 92.8 Å². The third-order valence-corrected chi connectivity index (χ3v) is 3.20. The molecule has 0 saturated carbocycles. The lowest BCUT2D eigenvalue weighted by Gasteiger charge is -2.04. The van der Waals surface area contributed by atoms with Gasteiger partial charge in [-0.15, -0.1) is 0 Å². The van der Waals surface area contributed by atoms with E-state index in [1.807, 2.05) is 6.07 Å². The summed E-state index contributed by atoms with van der Waals surface area (Å²) < 4.78 is 25.4. The van der Waals surface area contributed by atoms with Crippen molar-refractivity contribution in [3.8, 4) is 6.07 Å². The highest BCUT2D eigenvalue weighted by molar-refractivity contribution is 7.89. The zero-order valence-corrected chi connectivity index (χ0v) is 9.22. The van der Waals surface area contributed by atoms with Gasteiger partial charge >= 0.3 is 0 Å². The Morgan fingerprint density at radius 3 is 2.93 bits per heavy atom. The number of aromatic nitrogens is 1. The number of hydrogen-bond acceptors (Lipinski definition) is 4. The third kappa shape index (κ3) is 3.47. The van der Waals surface area contributed by atoms with Crippen LogP contribution in [-0.4, -0.2) is 19.9 Å². The predicted octanol–water partition coefficient (Wildman–Crippen LogP) is 0.927. The lowest BCUT2D eigenvalue weighted by atomic mass is 10.5. The summed E-state index contributed by atoms with van der Waals surface area (Å²) in [6, 6.07) is 4.42. The Hall–Kier alpha value is -1.16. The van der Waals surface area contributed by atoms with Crippen molar-refractivity contribution in [1.29, 1.82) is 5.26 Å². The summed E-state index contributed by atoms with van der Waals surface area (Å²) in [6.07, 6.45) is 1.43. The number of nitrogens with zero attached hydrogens (tertiary/aromatic N) is 2. The Bertz CT molecular complexity index is 481. The van der Waals surface area contributed by atoms with Crippen molar-refractivity contribution >= 4 is 21.6 Å². The first-order valence-electron chi connectivity index (χ1n) is 4.04. The van der Waals surface area contributed by atoms with Crippen LogP contribution in [0.4, 0.5) is 0 Å². The van der Waals surface area contributed by atoms with E-state index in [9.17, 15) is 8.42 Å². The van der Waals surface area contributed by atoms with Gasteiger partial charge in [-0.1, -0.05) is 11.6 Å². The Kier molecular flexibility index (Phi) is 4.03. The Morgan fingerprint density at radius 2 is 2.33 bits per heavy atom. The van der Waals surface area contributed by atoms with Gasteiger partial charge in [-0.25, -0.2) is 18.1 Å². The molecule has 1 N–H and O–H groups in total. The summed E-state index contributed by atoms with van der Waals surface area (Å²) in [5, 5.41) is 8.37. The first-order valence-corrected chi connectivity index (χ1v) is 5.90. The van der Waals surface area contributed by atoms with E-state index in [1.165, 1.54) is 18.3 Å². The normalized spacial score (nSPS) is 10.9. The molecule has 1 heterocycles. The molecule has 7 heteroatoms. The van der Waals surface area contributed by atoms with Crippen LogP contribution in [0.2, 0.25) is 5.15 Å². The first kappa shape index (κ1) is 11.9. The summed E-state index contributed by atoms with van der Waals surface area (Å²) in [5.74, 6) is 0. The van der Waals surface area contributed by atoms with Crippen molar-refractivity contribution in [2.45, 2.75) is 11.3 Å². The van der Waals surface area contributed by atoms with Crippen molar-refractivity contribution in [3.05, 3.63) is 23.5 Å². The van der Waals surface area contributed by atoms with Crippen molar-refractivity contribution in [2.75, 3.05) is 6.54 Å². The molecule has 80 valence electrons. The second kappa shape index (κ2) is 5.07. The predicted molar refractivity (Wildman–Crippen MR) is 54.7 cm³/mol. The number of rotatable bonds is 4. The molecule has 0 atom stereocenters. The highest BCUT2D eigenvalue weighted by atomic mass is 35.5. The molecule has 0 aliphatic carbocycles. The van der Waals surface area contributed by atoms with E-state index in [-0.39, 0.29) is 23.0 Å². The molecule has 0 saturated heterocycles. The summed E-state index contributed by atoms with van der Waals surface area (Å²) in [7, 11) is -3.58. The number of halogens is 1. The van der Waals surface area contributed by atoms with Gasteiger partial charge in [0.25, 0.3) is 0 Å². The van der Waals surface area contributed by atoms with E-state index in [0.717, 1.165) is 0 Å². The van der Waals surface area contributed by atoms with Crippen LogP contribution in [0.5, 0.6) is 0 Å². The van der Waals surface area contributed by atoms with Crippen molar-refractivity contribution in [2.24, 2.45) is 0 Å². The average Bonchev–Trinajstić information content (AvgIpc) is 2.18. The fourth-order valence-corrected chi connectivity index (χ4v) is 2.16. The highest BCUT2D eigenvalue weighted by Crippen LogP contribution is 2.12. The SMILES string of the molecule is N#CCCNS(=O)(=O)c1ccnc(Cl)c1. The minimum absolute atomic E-state index is 0.0421. The molecule has 15 heavy (non-hydrogen) atoms. The van der Waals surface area contributed by atoms with E-state index in [4.69, 9.17) is 16.9 Å². The molecule has 0 spiro atoms. The number of sulfonamides is 1. The van der Waals surface area contributed by atoms with Gasteiger partial charge in [0.1, 0.15) is 5.15 Å². The Morgan fingerprint density at radius 1 is 1.60 bits per heavy atom. The Balaban J connectivity index is 2.83. The zero-order chi connectivity index (χ0) is 11.3. The van der Waals surface area contributed by atoms with Gasteiger partial charge in [0, 0.05) is 19.2 Å². The van der Waals surface area contributed by atoms with Crippen molar-refractivity contribution in [3.63, 3.8) is 0 Å². The number of hydrogen-bond donors (Lipinski definition) is 1. The number of nitrogens with one attached hydrogen (secondary N) is 1. The molecule has 0 aliphatic heterocycles. The van der Waals surface area contributed by atoms with Crippen LogP contribution in [0.15, 0.2) is 23.2 Å². The molecular formula is C8H8ClN3O2S. The maximum absolute atomic E-state index is 11.6. The molecule has 1 rings (SSSR count). The van der Waals surface area contributed by atoms with Crippen molar-refractivity contribution < 1.29 is 8.42 Å². The second-order valence-corrected chi connectivity index (χ2v) is 4.77. The van der Waals surface area contributed by atoms with Gasteiger partial charge in [-0.3, -0.25) is 0 Å². The van der Waals surface area contributed by atoms with Gasteiger partial charge in [0.15, 0.2) is 0 Å². The van der Waals surface area contributed by atoms with E-state index in [2.05, 4.69) is 9.71 Å². The fourth-order valence-electron chi connectivity index (χ4n) is 0.876. The molecule has 0 aliphatic rings. The standard InChI is InChI=1S/C8H8ClN3O2S/c9-8-6-7(2-5-11-8)15(13,14)12-4-1-3-10/h2,5-6,12H,1,4H2. The quantitative estimate of drug-likeness (QED) is 0.632. The van der Waals surface area contributed by atoms with E-state index >= 15 is 0 Å². The summed E-state index contributed by atoms with van der Waals surface area (Å²) >= 11 is 5.56. The first-order chi connectivity index (χ1) is 7.06. The van der Waals surface area contributed by atoms with Gasteiger partial charge in [-0.2, -0.15) is 5.26 Å². The van der Waals surface area contributed by atoms with Crippen LogP contribution in [0, 0.1) is 11.3 Å². The minimum atomic E-state index is -3.58. The molecule has 0 radical (unpaired) electrons. The van der Waals surface area contributed by atoms with Crippen LogP contribution in [-0.2, 0) is 10.0 Å². The smallest absolute Gasteiger partial charge is 0.240 e. The lowest BCUT2D eigenvalue weighted by Crippen LogP contribution is -2.24. The minimum Gasteiger partial charge on any atom is -0.244 e. The largest absolute Gasteiger partial charge is 0.244 e. The molecule has 1 aromatic rings. The van der Waals surface area contributed by atoms with Gasteiger partial charge in [-0.05, 0) is 12.1 Å². The second-order valence-electron chi connectivity index (χ2n) is 2.62. The maximum Gasteiger partial charge on any atom is 0.240 e. The average molecular weight is 246 g/mol. The zero-order valence-electron chi connectivity index (χ0n) is 7.64. The molecule has 0 unspecified atom stereocenters. The number of nitriles is 1. The maximum atomic E-state index is 11.6. The lowest BCUT2D eigenvalue weighted by molar-refractivity contribution is 0.582. The van der Waals surface area contributed by atoms with Gasteiger partial charge in [0.05, 0.1) is 11.0 Å². The summed E-state index contributed by atoms with van der Waals surface area (Å²) in [4.78, 5) is 3.71. The van der Waals surface area contributed by atoms with Crippen LogP contribution in [0.3, 0.4) is 0 Å². The van der Waals surface area contributed by atoms with Crippen LogP contribution in [0.1, 0.15) is 6.42 Å². The van der Waals surface area contributed by atoms with Gasteiger partial charge < -0.3 is 0 Å². The molecule has 0 amide bonds. The van der Waals surface area contributed by atoms with E-state index < -0.39 is 10.0 Å². The van der Waals surface area contributed by atoms with Crippen LogP contribution in [0.25, 0.3) is 0 Å². The van der Waals surface area contributed by atoms with Crippen LogP contribution < -0.4 is 4.72 Å². The third-order valence-electron chi connectivity index (χ3n) is 1.54. The van der Waals surface area contributed by atoms with Gasteiger partial charge in [0.2, 0.25) is 10.0 Å². The summed E-state index contributed by atoms with van der Waals surface area (Å²) in [5.41, 5.74) is 0. The van der Waals surface area contributed by atoms with Crippen molar-refractivity contribution in [1.82, 2.24) is 9.71 Å².